The van der Waals surface area contributed by atoms with E-state index in [9.17, 15) is 14.4 Å². The van der Waals surface area contributed by atoms with Crippen molar-refractivity contribution >= 4 is 29.1 Å². The van der Waals surface area contributed by atoms with Crippen LogP contribution in [-0.4, -0.2) is 78.8 Å². The van der Waals surface area contributed by atoms with E-state index in [0.29, 0.717) is 11.8 Å². The van der Waals surface area contributed by atoms with Crippen molar-refractivity contribution in [2.24, 2.45) is 0 Å². The van der Waals surface area contributed by atoms with Crippen LogP contribution in [0.5, 0.6) is 0 Å². The Labute approximate surface area is 161 Å². The van der Waals surface area contributed by atoms with Crippen molar-refractivity contribution in [1.82, 2.24) is 9.55 Å². The maximum atomic E-state index is 12.3. The average Bonchev–Trinajstić information content (AvgIpc) is 3.00. The molecule has 0 fully saturated rings. The molecule has 0 aliphatic carbocycles. The maximum Gasteiger partial charge on any atom is 0.420 e. The van der Waals surface area contributed by atoms with Crippen LogP contribution in [0.2, 0.25) is 0 Å². The number of carbonyl (C=O) groups excluding carboxylic acids is 3. The van der Waals surface area contributed by atoms with Crippen molar-refractivity contribution in [2.45, 2.75) is 31.5 Å². The van der Waals surface area contributed by atoms with Crippen LogP contribution in [-0.2, 0) is 25.4 Å². The number of quaternary nitrogens is 1. The normalized spacial score (nSPS) is 14.6. The molecule has 1 aromatic heterocycles. The molecule has 1 rings (SSSR count). The van der Waals surface area contributed by atoms with Crippen LogP contribution in [0.4, 0.5) is 9.59 Å². The summed E-state index contributed by atoms with van der Waals surface area (Å²) in [6, 6.07) is -1.13. The summed E-state index contributed by atoms with van der Waals surface area (Å²) in [5.74, 6) is -0.739. The maximum absolute atomic E-state index is 12.3. The molecule has 0 bridgehead atoms. The lowest BCUT2D eigenvalue weighted by molar-refractivity contribution is -0.887. The van der Waals surface area contributed by atoms with Gasteiger partial charge < -0.3 is 18.7 Å². The number of aromatic nitrogens is 2. The fourth-order valence-electron chi connectivity index (χ4n) is 2.04. The van der Waals surface area contributed by atoms with Crippen molar-refractivity contribution in [3.63, 3.8) is 0 Å². The van der Waals surface area contributed by atoms with Gasteiger partial charge in [-0.25, -0.2) is 23.9 Å². The molecule has 0 aliphatic rings. The van der Waals surface area contributed by atoms with Crippen molar-refractivity contribution < 1.29 is 37.2 Å². The summed E-state index contributed by atoms with van der Waals surface area (Å²) in [5.41, 5.74) is 0.218. The van der Waals surface area contributed by atoms with Gasteiger partial charge in [0.15, 0.2) is 11.2 Å². The number of rotatable bonds is 7. The Morgan fingerprint density at radius 2 is 1.96 bits per heavy atom. The van der Waals surface area contributed by atoms with Gasteiger partial charge in [0.2, 0.25) is 0 Å². The third-order valence-corrected chi connectivity index (χ3v) is 4.03. The molecule has 9 nitrogen and oxygen atoms in total. The van der Waals surface area contributed by atoms with Crippen molar-refractivity contribution in [3.8, 4) is 0 Å². The number of methoxy groups -OCH3 is 1. The Bertz CT molecular complexity index is 751. The number of imidazole rings is 1. The van der Waals surface area contributed by atoms with E-state index in [1.165, 1.54) is 20.3 Å². The smallest absolute Gasteiger partial charge is 0.420 e. The Balaban J connectivity index is 3.31. The number of hydrogen-bond donors (Lipinski definition) is 0. The van der Waals surface area contributed by atoms with Gasteiger partial charge in [-0.2, -0.15) is 0 Å². The number of hydrogen-bond acceptors (Lipinski definition) is 8. The third kappa shape index (κ3) is 6.03. The van der Waals surface area contributed by atoms with Gasteiger partial charge >= 0.3 is 17.4 Å². The molecule has 146 valence electrons. The van der Waals surface area contributed by atoms with Crippen molar-refractivity contribution in [3.05, 3.63) is 11.9 Å². The number of thioether (sulfide) groups is 1. The SMILES string of the molecule is [2H]C([2H])([2H])[N+](C)(C)C(Cc1cn(C(=O)OCC)c(SC(=O)OCC)n1)C(=O)OC. The minimum atomic E-state index is -2.51. The molecule has 0 saturated heterocycles. The molecular weight excluding hydrogens is 362 g/mol. The predicted octanol–water partition coefficient (Wildman–Crippen LogP) is 1.93. The van der Waals surface area contributed by atoms with Crippen LogP contribution in [0.3, 0.4) is 0 Å². The number of nitrogens with zero attached hydrogens (tertiary/aromatic N) is 3. The lowest BCUT2D eigenvalue weighted by Crippen LogP contribution is -2.51. The Morgan fingerprint density at radius 3 is 2.50 bits per heavy atom. The summed E-state index contributed by atoms with van der Waals surface area (Å²) < 4.78 is 38.2. The number of likely N-dealkylation sites (N-methyl/N-ethyl adjacent to an activating group) is 1. The molecule has 1 heterocycles. The lowest BCUT2D eigenvalue weighted by atomic mass is 10.1. The summed E-state index contributed by atoms with van der Waals surface area (Å²) in [6.45, 7) is 0.997. The van der Waals surface area contributed by atoms with Crippen LogP contribution in [0, 0.1) is 0 Å². The van der Waals surface area contributed by atoms with Crippen LogP contribution >= 0.6 is 11.8 Å². The highest BCUT2D eigenvalue weighted by Crippen LogP contribution is 2.22. The molecule has 0 aliphatic heterocycles. The Morgan fingerprint density at radius 1 is 1.31 bits per heavy atom. The van der Waals surface area contributed by atoms with Gasteiger partial charge in [-0.15, -0.1) is 0 Å². The van der Waals surface area contributed by atoms with Gasteiger partial charge in [0.05, 0.1) is 57.6 Å². The summed E-state index contributed by atoms with van der Waals surface area (Å²) in [6.07, 6.45) is 0.396. The Hall–Kier alpha value is -2.07. The van der Waals surface area contributed by atoms with E-state index in [4.69, 9.17) is 18.3 Å². The minimum absolute atomic E-state index is 0.0142. The fraction of sp³-hybridized carbons (Fsp3) is 0.625. The molecule has 0 saturated carbocycles. The molecule has 0 N–H and O–H groups in total. The first-order valence-electron chi connectivity index (χ1n) is 9.40. The predicted molar refractivity (Wildman–Crippen MR) is 95.1 cm³/mol. The summed E-state index contributed by atoms with van der Waals surface area (Å²) in [5, 5.41) is -0.682. The molecule has 1 atom stereocenters. The molecule has 0 radical (unpaired) electrons. The van der Waals surface area contributed by atoms with E-state index >= 15 is 0 Å². The average molecular weight is 391 g/mol. The first-order chi connectivity index (χ1) is 13.4. The van der Waals surface area contributed by atoms with E-state index in [1.807, 2.05) is 0 Å². The zero-order valence-corrected chi connectivity index (χ0v) is 16.3. The molecule has 1 aromatic rings. The molecule has 10 heteroatoms. The molecular formula is C16H26N3O6S+. The van der Waals surface area contributed by atoms with Gasteiger partial charge in [0, 0.05) is 18.0 Å². The standard InChI is InChI=1S/C16H26N3O6S/c1-7-24-15(21)18-10-11(17-14(18)26-16(22)25-8-2)9-12(13(20)23-6)19(3,4)5/h10,12H,7-9H2,1-6H3/q+1/i3D3. The zero-order valence-electron chi connectivity index (χ0n) is 18.5. The van der Waals surface area contributed by atoms with Crippen LogP contribution in [0.1, 0.15) is 23.7 Å². The van der Waals surface area contributed by atoms with Crippen molar-refractivity contribution in [1.29, 1.82) is 0 Å². The monoisotopic (exact) mass is 391 g/mol. The second-order valence-electron chi connectivity index (χ2n) is 5.65. The third-order valence-electron chi connectivity index (χ3n) is 3.28. The Kier molecular flexibility index (Phi) is 6.39. The van der Waals surface area contributed by atoms with Gasteiger partial charge in [-0.1, -0.05) is 0 Å². The summed E-state index contributed by atoms with van der Waals surface area (Å²) in [7, 11) is 3.92. The largest absolute Gasteiger partial charge is 0.465 e. The fourth-order valence-corrected chi connectivity index (χ4v) is 2.75. The van der Waals surface area contributed by atoms with E-state index in [1.54, 1.807) is 13.8 Å². The summed E-state index contributed by atoms with van der Waals surface area (Å²) >= 11 is 0.582. The second-order valence-corrected chi connectivity index (χ2v) is 6.55. The van der Waals surface area contributed by atoms with E-state index in [2.05, 4.69) is 4.98 Å². The quantitative estimate of drug-likeness (QED) is 0.301. The van der Waals surface area contributed by atoms with Gasteiger partial charge in [0.1, 0.15) is 0 Å². The highest BCUT2D eigenvalue weighted by atomic mass is 32.2. The first kappa shape index (κ1) is 17.3. The number of esters is 1. The lowest BCUT2D eigenvalue weighted by Gasteiger charge is -2.31. The van der Waals surface area contributed by atoms with Gasteiger partial charge in [0.25, 0.3) is 0 Å². The zero-order chi connectivity index (χ0) is 22.4. The van der Waals surface area contributed by atoms with Crippen LogP contribution in [0.15, 0.2) is 11.4 Å². The van der Waals surface area contributed by atoms with E-state index < -0.39 is 34.9 Å². The highest BCUT2D eigenvalue weighted by Gasteiger charge is 2.34. The molecule has 0 amide bonds. The molecule has 0 spiro atoms. The van der Waals surface area contributed by atoms with E-state index in [0.717, 1.165) is 11.7 Å². The van der Waals surface area contributed by atoms with Gasteiger partial charge in [-0.3, -0.25) is 0 Å². The van der Waals surface area contributed by atoms with Gasteiger partial charge in [-0.05, 0) is 13.8 Å². The van der Waals surface area contributed by atoms with Crippen molar-refractivity contribution in [2.75, 3.05) is 41.4 Å². The number of ether oxygens (including phenoxy) is 3. The van der Waals surface area contributed by atoms with E-state index in [-0.39, 0.29) is 30.5 Å². The topological polar surface area (TPSA) is 96.7 Å². The highest BCUT2D eigenvalue weighted by molar-refractivity contribution is 8.13. The minimum Gasteiger partial charge on any atom is -0.465 e. The second kappa shape index (κ2) is 9.58. The molecule has 0 aromatic carbocycles. The van der Waals surface area contributed by atoms with Crippen LogP contribution in [0.25, 0.3) is 0 Å². The first-order valence-corrected chi connectivity index (χ1v) is 8.72. The van der Waals surface area contributed by atoms with Crippen LogP contribution < -0.4 is 0 Å². The molecule has 1 unspecified atom stereocenters. The summed E-state index contributed by atoms with van der Waals surface area (Å²) in [4.78, 5) is 40.5. The molecule has 26 heavy (non-hydrogen) atoms. The number of carbonyl (C=O) groups is 3.